The molecule has 1 fully saturated rings. The van der Waals surface area contributed by atoms with Crippen LogP contribution < -0.4 is 11.1 Å². The van der Waals surface area contributed by atoms with Crippen molar-refractivity contribution in [3.63, 3.8) is 0 Å². The van der Waals surface area contributed by atoms with E-state index in [2.05, 4.69) is 16.4 Å². The predicted octanol–water partition coefficient (Wildman–Crippen LogP) is 1.95. The summed E-state index contributed by atoms with van der Waals surface area (Å²) in [4.78, 5) is 16.1. The molecule has 0 radical (unpaired) electrons. The van der Waals surface area contributed by atoms with Crippen LogP contribution in [0.2, 0.25) is 5.02 Å². The summed E-state index contributed by atoms with van der Waals surface area (Å²) in [5.41, 5.74) is 5.89. The smallest absolute Gasteiger partial charge is 0.268 e. The molecule has 1 heterocycles. The van der Waals surface area contributed by atoms with Gasteiger partial charge in [0.15, 0.2) is 5.58 Å². The van der Waals surface area contributed by atoms with Gasteiger partial charge in [-0.2, -0.15) is 5.26 Å². The number of nitrogens with two attached hydrogens (primary N) is 1. The van der Waals surface area contributed by atoms with Crippen LogP contribution in [-0.2, 0) is 4.79 Å². The Morgan fingerprint density at radius 2 is 2.33 bits per heavy atom. The summed E-state index contributed by atoms with van der Waals surface area (Å²) in [6, 6.07) is 7.24. The van der Waals surface area contributed by atoms with Crippen LogP contribution in [0, 0.1) is 11.3 Å². The number of rotatable bonds is 3. The zero-order chi connectivity index (χ0) is 15.0. The molecule has 3 rings (SSSR count). The van der Waals surface area contributed by atoms with E-state index in [1.165, 1.54) is 6.08 Å². The fourth-order valence-electron chi connectivity index (χ4n) is 1.87. The average molecular weight is 303 g/mol. The maximum absolute atomic E-state index is 11.9. The Morgan fingerprint density at radius 1 is 1.57 bits per heavy atom. The summed E-state index contributed by atoms with van der Waals surface area (Å²) in [6.45, 7) is 0. The third kappa shape index (κ3) is 2.56. The van der Waals surface area contributed by atoms with E-state index in [9.17, 15) is 4.79 Å². The second-order valence-electron chi connectivity index (χ2n) is 4.89. The van der Waals surface area contributed by atoms with Crippen molar-refractivity contribution in [1.29, 1.82) is 5.26 Å². The molecule has 0 aliphatic heterocycles. The number of halogens is 1. The first-order valence-electron chi connectivity index (χ1n) is 6.29. The molecule has 0 spiro atoms. The molecule has 1 aliphatic carbocycles. The fourth-order valence-corrected chi connectivity index (χ4v) is 2.08. The lowest BCUT2D eigenvalue weighted by Gasteiger charge is -2.08. The SMILES string of the molecule is N#CC1(NC(=O)C(N)=Cc2nc3cccc(Cl)c3o2)CC1. The number of oxazole rings is 1. The minimum atomic E-state index is -0.764. The standard InChI is InChI=1S/C14H11ClN4O2/c15-8-2-1-3-10-12(8)21-11(18-10)6-9(17)13(20)19-14(7-16)4-5-14/h1-3,6H,4-5,17H2,(H,19,20). The quantitative estimate of drug-likeness (QED) is 0.843. The van der Waals surface area contributed by atoms with Crippen LogP contribution >= 0.6 is 11.6 Å². The van der Waals surface area contributed by atoms with Gasteiger partial charge in [0, 0.05) is 6.08 Å². The summed E-state index contributed by atoms with van der Waals surface area (Å²) < 4.78 is 5.45. The maximum atomic E-state index is 11.9. The molecule has 0 unspecified atom stereocenters. The molecular weight excluding hydrogens is 292 g/mol. The van der Waals surface area contributed by atoms with Crippen molar-refractivity contribution in [2.24, 2.45) is 5.73 Å². The fraction of sp³-hybridized carbons (Fsp3) is 0.214. The number of nitrogens with one attached hydrogen (secondary N) is 1. The van der Waals surface area contributed by atoms with Crippen molar-refractivity contribution in [2.75, 3.05) is 0 Å². The average Bonchev–Trinajstić information content (AvgIpc) is 3.10. The van der Waals surface area contributed by atoms with Gasteiger partial charge in [0.05, 0.1) is 11.1 Å². The molecule has 0 atom stereocenters. The minimum Gasteiger partial charge on any atom is -0.435 e. The molecule has 21 heavy (non-hydrogen) atoms. The first kappa shape index (κ1) is 13.5. The van der Waals surface area contributed by atoms with Crippen molar-refractivity contribution >= 4 is 34.7 Å². The normalized spacial score (nSPS) is 16.5. The first-order chi connectivity index (χ1) is 10.0. The third-order valence-corrected chi connectivity index (χ3v) is 3.54. The second kappa shape index (κ2) is 4.79. The van der Waals surface area contributed by atoms with E-state index < -0.39 is 11.4 Å². The number of para-hydroxylation sites is 1. The Labute approximate surface area is 125 Å². The van der Waals surface area contributed by atoms with Crippen LogP contribution in [0.3, 0.4) is 0 Å². The van der Waals surface area contributed by atoms with E-state index in [4.69, 9.17) is 27.0 Å². The molecule has 1 aromatic heterocycles. The van der Waals surface area contributed by atoms with Crippen LogP contribution in [0.15, 0.2) is 28.3 Å². The Kier molecular flexibility index (Phi) is 3.07. The Hall–Kier alpha value is -2.52. The van der Waals surface area contributed by atoms with Crippen molar-refractivity contribution in [3.8, 4) is 6.07 Å². The first-order valence-corrected chi connectivity index (χ1v) is 6.67. The second-order valence-corrected chi connectivity index (χ2v) is 5.30. The van der Waals surface area contributed by atoms with Gasteiger partial charge in [0.1, 0.15) is 16.8 Å². The van der Waals surface area contributed by atoms with Gasteiger partial charge in [0.25, 0.3) is 5.91 Å². The van der Waals surface area contributed by atoms with Gasteiger partial charge >= 0.3 is 0 Å². The van der Waals surface area contributed by atoms with Crippen LogP contribution in [0.1, 0.15) is 18.7 Å². The Balaban J connectivity index is 1.84. The maximum Gasteiger partial charge on any atom is 0.268 e. The van der Waals surface area contributed by atoms with Crippen LogP contribution in [0.4, 0.5) is 0 Å². The van der Waals surface area contributed by atoms with E-state index in [1.807, 2.05) is 0 Å². The molecule has 106 valence electrons. The zero-order valence-corrected chi connectivity index (χ0v) is 11.6. The molecule has 1 amide bonds. The van der Waals surface area contributed by atoms with Crippen LogP contribution in [0.5, 0.6) is 0 Å². The number of nitrogens with zero attached hydrogens (tertiary/aromatic N) is 2. The lowest BCUT2D eigenvalue weighted by atomic mass is 10.3. The summed E-state index contributed by atoms with van der Waals surface area (Å²) in [7, 11) is 0. The van der Waals surface area contributed by atoms with Gasteiger partial charge in [-0.3, -0.25) is 4.79 Å². The monoisotopic (exact) mass is 302 g/mol. The molecule has 1 aromatic carbocycles. The largest absolute Gasteiger partial charge is 0.435 e. The van der Waals surface area contributed by atoms with Crippen molar-refractivity contribution in [3.05, 3.63) is 34.8 Å². The highest BCUT2D eigenvalue weighted by Gasteiger charge is 2.44. The van der Waals surface area contributed by atoms with E-state index in [1.54, 1.807) is 18.2 Å². The number of amides is 1. The van der Waals surface area contributed by atoms with E-state index in [0.29, 0.717) is 29.0 Å². The van der Waals surface area contributed by atoms with Crippen LogP contribution in [-0.4, -0.2) is 16.4 Å². The van der Waals surface area contributed by atoms with Gasteiger partial charge in [-0.1, -0.05) is 17.7 Å². The van der Waals surface area contributed by atoms with Crippen molar-refractivity contribution < 1.29 is 9.21 Å². The number of nitriles is 1. The van der Waals surface area contributed by atoms with Gasteiger partial charge in [-0.15, -0.1) is 0 Å². The molecular formula is C14H11ClN4O2. The number of fused-ring (bicyclic) bond motifs is 1. The predicted molar refractivity (Wildman–Crippen MR) is 76.9 cm³/mol. The van der Waals surface area contributed by atoms with Gasteiger partial charge < -0.3 is 15.5 Å². The zero-order valence-electron chi connectivity index (χ0n) is 10.9. The molecule has 1 aliphatic rings. The summed E-state index contributed by atoms with van der Waals surface area (Å²) >= 11 is 5.98. The van der Waals surface area contributed by atoms with Crippen LogP contribution in [0.25, 0.3) is 17.2 Å². The van der Waals surface area contributed by atoms with Gasteiger partial charge in [-0.05, 0) is 25.0 Å². The van der Waals surface area contributed by atoms with Crippen molar-refractivity contribution in [2.45, 2.75) is 18.4 Å². The molecule has 0 bridgehead atoms. The highest BCUT2D eigenvalue weighted by molar-refractivity contribution is 6.34. The molecule has 7 heteroatoms. The number of aromatic nitrogens is 1. The summed E-state index contributed by atoms with van der Waals surface area (Å²) in [5.74, 6) is -0.324. The molecule has 1 saturated carbocycles. The van der Waals surface area contributed by atoms with E-state index in [0.717, 1.165) is 0 Å². The Morgan fingerprint density at radius 3 is 2.95 bits per heavy atom. The van der Waals surface area contributed by atoms with Gasteiger partial charge in [0.2, 0.25) is 5.89 Å². The summed E-state index contributed by atoms with van der Waals surface area (Å²) in [5, 5.41) is 12.0. The van der Waals surface area contributed by atoms with Gasteiger partial charge in [-0.25, -0.2) is 4.98 Å². The van der Waals surface area contributed by atoms with E-state index >= 15 is 0 Å². The topological polar surface area (TPSA) is 105 Å². The third-order valence-electron chi connectivity index (χ3n) is 3.24. The molecule has 0 saturated heterocycles. The summed E-state index contributed by atoms with van der Waals surface area (Å²) in [6.07, 6.45) is 2.60. The number of carbonyl (C=O) groups excluding carboxylic acids is 1. The number of benzene rings is 1. The molecule has 6 nitrogen and oxygen atoms in total. The Bertz CT molecular complexity index is 799. The lowest BCUT2D eigenvalue weighted by Crippen LogP contribution is -2.38. The number of carbonyl (C=O) groups is 1. The lowest BCUT2D eigenvalue weighted by molar-refractivity contribution is -0.118. The molecule has 2 aromatic rings. The number of hydrogen-bond acceptors (Lipinski definition) is 5. The highest BCUT2D eigenvalue weighted by Crippen LogP contribution is 2.34. The molecule has 3 N–H and O–H groups in total. The highest BCUT2D eigenvalue weighted by atomic mass is 35.5. The number of hydrogen-bond donors (Lipinski definition) is 2. The minimum absolute atomic E-state index is 0.0702. The van der Waals surface area contributed by atoms with E-state index in [-0.39, 0.29) is 11.6 Å². The van der Waals surface area contributed by atoms with Crippen molar-refractivity contribution in [1.82, 2.24) is 10.3 Å².